The summed E-state index contributed by atoms with van der Waals surface area (Å²) in [5.74, 6) is 0. The Labute approximate surface area is 126 Å². The van der Waals surface area contributed by atoms with Crippen LogP contribution in [0.15, 0.2) is 27.1 Å². The fraction of sp³-hybridized carbons (Fsp3) is 0.571. The molecule has 1 heterocycles. The van der Waals surface area contributed by atoms with E-state index in [1.807, 2.05) is 0 Å². The van der Waals surface area contributed by atoms with Gasteiger partial charge in [-0.15, -0.1) is 0 Å². The zero-order valence-corrected chi connectivity index (χ0v) is 13.8. The summed E-state index contributed by atoms with van der Waals surface area (Å²) in [6.07, 6.45) is 4.98. The van der Waals surface area contributed by atoms with Gasteiger partial charge in [0.1, 0.15) is 0 Å². The minimum Gasteiger partial charge on any atom is -0.381 e. The third-order valence-electron chi connectivity index (χ3n) is 3.27. The van der Waals surface area contributed by atoms with Crippen molar-refractivity contribution < 1.29 is 4.74 Å². The van der Waals surface area contributed by atoms with Crippen LogP contribution in [0.25, 0.3) is 0 Å². The average Bonchev–Trinajstić information content (AvgIpc) is 2.34. The summed E-state index contributed by atoms with van der Waals surface area (Å²) in [6.45, 7) is 3.09. The van der Waals surface area contributed by atoms with Gasteiger partial charge in [0, 0.05) is 27.3 Å². The summed E-state index contributed by atoms with van der Waals surface area (Å²) < 4.78 is 7.98. The van der Waals surface area contributed by atoms with E-state index < -0.39 is 0 Å². The Morgan fingerprint density at radius 1 is 1.39 bits per heavy atom. The summed E-state index contributed by atoms with van der Waals surface area (Å²) in [4.78, 5) is 0. The largest absolute Gasteiger partial charge is 0.381 e. The van der Waals surface area contributed by atoms with Crippen molar-refractivity contribution in [2.45, 2.75) is 44.8 Å². The number of hydrogen-bond donors (Lipinski definition) is 1. The fourth-order valence-electron chi connectivity index (χ4n) is 2.36. The maximum absolute atomic E-state index is 5.78. The van der Waals surface area contributed by atoms with Crippen LogP contribution in [0.3, 0.4) is 0 Å². The van der Waals surface area contributed by atoms with Crippen LogP contribution in [0.1, 0.15) is 32.6 Å². The molecule has 1 aliphatic heterocycles. The van der Waals surface area contributed by atoms with Gasteiger partial charge in [0.05, 0.1) is 6.10 Å². The molecular formula is C14H19Br2NO. The molecule has 0 aliphatic carbocycles. The van der Waals surface area contributed by atoms with Gasteiger partial charge >= 0.3 is 0 Å². The second-order valence-corrected chi connectivity index (χ2v) is 6.54. The van der Waals surface area contributed by atoms with E-state index in [1.54, 1.807) is 0 Å². The Hall–Kier alpha value is -0.0600. The smallest absolute Gasteiger partial charge is 0.0594 e. The van der Waals surface area contributed by atoms with Gasteiger partial charge in [-0.3, -0.25) is 0 Å². The van der Waals surface area contributed by atoms with Crippen LogP contribution >= 0.6 is 31.9 Å². The molecule has 1 fully saturated rings. The lowest BCUT2D eigenvalue weighted by atomic mass is 10.00. The summed E-state index contributed by atoms with van der Waals surface area (Å²) in [7, 11) is 0. The molecule has 0 radical (unpaired) electrons. The molecule has 4 heteroatoms. The molecule has 2 atom stereocenters. The molecule has 0 bridgehead atoms. The Morgan fingerprint density at radius 2 is 2.22 bits per heavy atom. The summed E-state index contributed by atoms with van der Waals surface area (Å²) in [6, 6.07) is 6.77. The van der Waals surface area contributed by atoms with E-state index in [2.05, 4.69) is 62.3 Å². The van der Waals surface area contributed by atoms with Crippen molar-refractivity contribution in [1.29, 1.82) is 0 Å². The first-order chi connectivity index (χ1) is 8.69. The highest BCUT2D eigenvalue weighted by atomic mass is 79.9. The van der Waals surface area contributed by atoms with Crippen molar-refractivity contribution in [1.82, 2.24) is 0 Å². The lowest BCUT2D eigenvalue weighted by Crippen LogP contribution is -2.34. The van der Waals surface area contributed by atoms with E-state index >= 15 is 0 Å². The zero-order valence-electron chi connectivity index (χ0n) is 10.6. The van der Waals surface area contributed by atoms with Crippen molar-refractivity contribution in [3.63, 3.8) is 0 Å². The molecule has 1 saturated heterocycles. The number of rotatable bonds is 4. The van der Waals surface area contributed by atoms with Gasteiger partial charge in [-0.25, -0.2) is 0 Å². The molecule has 0 aromatic heterocycles. The first-order valence-electron chi connectivity index (χ1n) is 6.52. The molecule has 18 heavy (non-hydrogen) atoms. The fourth-order valence-corrected chi connectivity index (χ4v) is 3.52. The number of benzene rings is 1. The molecule has 1 aromatic carbocycles. The first kappa shape index (κ1) is 14.4. The Morgan fingerprint density at radius 3 is 2.94 bits per heavy atom. The third-order valence-corrected chi connectivity index (χ3v) is 4.42. The van der Waals surface area contributed by atoms with E-state index in [1.165, 1.54) is 18.5 Å². The van der Waals surface area contributed by atoms with Gasteiger partial charge in [0.25, 0.3) is 0 Å². The monoisotopic (exact) mass is 375 g/mol. The molecule has 0 saturated carbocycles. The predicted octanol–water partition coefficient (Wildman–Crippen LogP) is 4.97. The van der Waals surface area contributed by atoms with Crippen LogP contribution in [0, 0.1) is 0 Å². The second kappa shape index (κ2) is 6.92. The van der Waals surface area contributed by atoms with Crippen molar-refractivity contribution in [3.8, 4) is 0 Å². The van der Waals surface area contributed by atoms with E-state index in [4.69, 9.17) is 4.74 Å². The molecule has 0 amide bonds. The van der Waals surface area contributed by atoms with Crippen LogP contribution in [-0.4, -0.2) is 18.8 Å². The van der Waals surface area contributed by atoms with Crippen molar-refractivity contribution in [2.75, 3.05) is 11.9 Å². The SMILES string of the molecule is CCCC1CC(Nc2ccc(Br)cc2Br)CCO1. The maximum Gasteiger partial charge on any atom is 0.0594 e. The van der Waals surface area contributed by atoms with Crippen LogP contribution < -0.4 is 5.32 Å². The number of nitrogens with one attached hydrogen (secondary N) is 1. The van der Waals surface area contributed by atoms with Crippen LogP contribution in [0.2, 0.25) is 0 Å². The summed E-state index contributed by atoms with van der Waals surface area (Å²) >= 11 is 7.07. The van der Waals surface area contributed by atoms with Crippen LogP contribution in [0.5, 0.6) is 0 Å². The Balaban J connectivity index is 1.96. The summed E-state index contributed by atoms with van der Waals surface area (Å²) in [5, 5.41) is 3.62. The minimum atomic E-state index is 0.426. The molecule has 1 aliphatic rings. The maximum atomic E-state index is 5.78. The number of ether oxygens (including phenoxy) is 1. The van der Waals surface area contributed by atoms with Gasteiger partial charge in [-0.05, 0) is 53.4 Å². The van der Waals surface area contributed by atoms with Gasteiger partial charge in [-0.1, -0.05) is 29.3 Å². The van der Waals surface area contributed by atoms with Crippen molar-refractivity contribution in [2.24, 2.45) is 0 Å². The Bertz CT molecular complexity index is 395. The molecular weight excluding hydrogens is 358 g/mol. The van der Waals surface area contributed by atoms with E-state index in [0.29, 0.717) is 12.1 Å². The third kappa shape index (κ3) is 3.97. The highest BCUT2D eigenvalue weighted by Crippen LogP contribution is 2.29. The van der Waals surface area contributed by atoms with Gasteiger partial charge in [0.2, 0.25) is 0 Å². The number of hydrogen-bond acceptors (Lipinski definition) is 2. The lowest BCUT2D eigenvalue weighted by Gasteiger charge is -2.31. The van der Waals surface area contributed by atoms with E-state index in [-0.39, 0.29) is 0 Å². The zero-order chi connectivity index (χ0) is 13.0. The van der Waals surface area contributed by atoms with Gasteiger partial charge < -0.3 is 10.1 Å². The molecule has 100 valence electrons. The Kier molecular flexibility index (Phi) is 5.52. The lowest BCUT2D eigenvalue weighted by molar-refractivity contribution is 0.00597. The second-order valence-electron chi connectivity index (χ2n) is 4.77. The van der Waals surface area contributed by atoms with E-state index in [0.717, 1.165) is 28.4 Å². The molecule has 0 spiro atoms. The first-order valence-corrected chi connectivity index (χ1v) is 8.11. The average molecular weight is 377 g/mol. The minimum absolute atomic E-state index is 0.426. The topological polar surface area (TPSA) is 21.3 Å². The van der Waals surface area contributed by atoms with Crippen LogP contribution in [0.4, 0.5) is 5.69 Å². The quantitative estimate of drug-likeness (QED) is 0.800. The van der Waals surface area contributed by atoms with E-state index in [9.17, 15) is 0 Å². The van der Waals surface area contributed by atoms with Gasteiger partial charge in [0.15, 0.2) is 0 Å². The molecule has 1 aromatic rings. The predicted molar refractivity (Wildman–Crippen MR) is 83.1 cm³/mol. The highest BCUT2D eigenvalue weighted by molar-refractivity contribution is 9.11. The number of halogens is 2. The molecule has 1 N–H and O–H groups in total. The summed E-state index contributed by atoms with van der Waals surface area (Å²) in [5.41, 5.74) is 1.17. The van der Waals surface area contributed by atoms with Crippen molar-refractivity contribution >= 4 is 37.5 Å². The van der Waals surface area contributed by atoms with Crippen molar-refractivity contribution in [3.05, 3.63) is 27.1 Å². The molecule has 2 rings (SSSR count). The standard InChI is InChI=1S/C14H19Br2NO/c1-2-3-12-9-11(6-7-18-12)17-14-5-4-10(15)8-13(14)16/h4-5,8,11-12,17H,2-3,6-7,9H2,1H3. The molecule has 2 unspecified atom stereocenters. The molecule has 2 nitrogen and oxygen atoms in total. The highest BCUT2D eigenvalue weighted by Gasteiger charge is 2.22. The van der Waals surface area contributed by atoms with Crippen LogP contribution in [-0.2, 0) is 4.74 Å². The number of anilines is 1. The van der Waals surface area contributed by atoms with Gasteiger partial charge in [-0.2, -0.15) is 0 Å². The normalized spacial score (nSPS) is 23.9.